The Balaban J connectivity index is 5.35. The lowest BCUT2D eigenvalue weighted by Crippen LogP contribution is -2.56. The van der Waals surface area contributed by atoms with E-state index in [0.717, 1.165) is 20.8 Å². The zero-order valence-electron chi connectivity index (χ0n) is 10.2. The minimum atomic E-state index is -6.56. The first-order valence-corrected chi connectivity index (χ1v) is 4.94. The van der Waals surface area contributed by atoms with Crippen LogP contribution in [-0.2, 0) is 9.59 Å². The Morgan fingerprint density at radius 1 is 0.895 bits per heavy atom. The van der Waals surface area contributed by atoms with Gasteiger partial charge in [0.25, 0.3) is 0 Å². The van der Waals surface area contributed by atoms with E-state index < -0.39 is 41.4 Å². The van der Waals surface area contributed by atoms with Crippen molar-refractivity contribution in [3.63, 3.8) is 0 Å². The van der Waals surface area contributed by atoms with Crippen LogP contribution >= 0.6 is 0 Å². The molecule has 0 radical (unpaired) electrons. The second-order valence-electron chi connectivity index (χ2n) is 4.69. The number of hydrogen-bond acceptors (Lipinski definition) is 2. The fourth-order valence-electron chi connectivity index (χ4n) is 0.990. The van der Waals surface area contributed by atoms with Gasteiger partial charge in [0, 0.05) is 11.8 Å². The molecule has 112 valence electrons. The number of Topliss-reactive ketones (excluding diaryl/α,β-unsaturated/α-hetero) is 2. The highest BCUT2D eigenvalue weighted by molar-refractivity contribution is 5.93. The van der Waals surface area contributed by atoms with E-state index >= 15 is 0 Å². The summed E-state index contributed by atoms with van der Waals surface area (Å²) in [5.41, 5.74) is -1.75. The van der Waals surface area contributed by atoms with Crippen LogP contribution in [0, 0.1) is 5.41 Å². The fourth-order valence-corrected chi connectivity index (χ4v) is 0.990. The van der Waals surface area contributed by atoms with E-state index in [1.54, 1.807) is 0 Å². The Labute approximate surface area is 104 Å². The maximum Gasteiger partial charge on any atom is 0.460 e. The minimum Gasteiger partial charge on any atom is -0.299 e. The Morgan fingerprint density at radius 2 is 1.26 bits per heavy atom. The van der Waals surface area contributed by atoms with Crippen LogP contribution in [0.25, 0.3) is 0 Å². The molecule has 0 heterocycles. The number of halogens is 7. The van der Waals surface area contributed by atoms with Crippen LogP contribution in [0.1, 0.15) is 27.2 Å². The summed E-state index contributed by atoms with van der Waals surface area (Å²) < 4.78 is 86.5. The van der Waals surface area contributed by atoms with Crippen molar-refractivity contribution in [2.45, 2.75) is 45.2 Å². The van der Waals surface area contributed by atoms with Gasteiger partial charge in [-0.1, -0.05) is 13.8 Å². The average molecular weight is 296 g/mol. The van der Waals surface area contributed by atoms with Crippen LogP contribution in [0.15, 0.2) is 0 Å². The van der Waals surface area contributed by atoms with E-state index in [4.69, 9.17) is 0 Å². The lowest BCUT2D eigenvalue weighted by Gasteiger charge is -2.29. The standard InChI is InChI=1S/C10H11F7O2/c1-5(18)7(2,3)4-6(19)8(11,12)9(13,14)10(15,16)17/h4H2,1-3H3. The number of rotatable bonds is 5. The zero-order valence-corrected chi connectivity index (χ0v) is 10.2. The molecule has 0 saturated carbocycles. The third kappa shape index (κ3) is 3.24. The molecule has 0 bridgehead atoms. The van der Waals surface area contributed by atoms with Crippen LogP contribution < -0.4 is 0 Å². The van der Waals surface area contributed by atoms with Crippen molar-refractivity contribution in [1.29, 1.82) is 0 Å². The lowest BCUT2D eigenvalue weighted by atomic mass is 9.81. The average Bonchev–Trinajstić information content (AvgIpc) is 2.14. The van der Waals surface area contributed by atoms with Gasteiger partial charge in [-0.25, -0.2) is 0 Å². The summed E-state index contributed by atoms with van der Waals surface area (Å²) in [4.78, 5) is 22.0. The van der Waals surface area contributed by atoms with Crippen molar-refractivity contribution in [2.75, 3.05) is 0 Å². The Bertz CT molecular complexity index is 382. The molecule has 0 aromatic carbocycles. The molecule has 2 nitrogen and oxygen atoms in total. The van der Waals surface area contributed by atoms with Crippen molar-refractivity contribution in [2.24, 2.45) is 5.41 Å². The monoisotopic (exact) mass is 296 g/mol. The molecule has 0 N–H and O–H groups in total. The molecule has 0 aliphatic rings. The highest BCUT2D eigenvalue weighted by Crippen LogP contribution is 2.48. The van der Waals surface area contributed by atoms with Crippen molar-refractivity contribution in [3.05, 3.63) is 0 Å². The fraction of sp³-hybridized carbons (Fsp3) is 0.800. The van der Waals surface area contributed by atoms with Gasteiger partial charge in [0.05, 0.1) is 0 Å². The van der Waals surface area contributed by atoms with E-state index in [2.05, 4.69) is 0 Å². The van der Waals surface area contributed by atoms with Gasteiger partial charge in [0.2, 0.25) is 5.78 Å². The van der Waals surface area contributed by atoms with E-state index in [9.17, 15) is 40.3 Å². The molecule has 0 aliphatic carbocycles. The molecule has 0 aromatic heterocycles. The van der Waals surface area contributed by atoms with E-state index in [1.807, 2.05) is 0 Å². The molecule has 9 heteroatoms. The smallest absolute Gasteiger partial charge is 0.299 e. The number of alkyl halides is 7. The first-order valence-electron chi connectivity index (χ1n) is 4.94. The summed E-state index contributed by atoms with van der Waals surface area (Å²) in [6, 6.07) is 0. The van der Waals surface area contributed by atoms with Crippen LogP contribution in [0.2, 0.25) is 0 Å². The summed E-state index contributed by atoms with van der Waals surface area (Å²) in [5.74, 6) is -15.8. The van der Waals surface area contributed by atoms with Crippen LogP contribution in [0.5, 0.6) is 0 Å². The molecule has 0 atom stereocenters. The summed E-state index contributed by atoms with van der Waals surface area (Å²) in [6.07, 6.45) is -7.98. The lowest BCUT2D eigenvalue weighted by molar-refractivity contribution is -0.343. The van der Waals surface area contributed by atoms with Crippen molar-refractivity contribution in [3.8, 4) is 0 Å². The molecule has 0 spiro atoms. The maximum atomic E-state index is 13.0. The van der Waals surface area contributed by atoms with Crippen molar-refractivity contribution >= 4 is 11.6 Å². The topological polar surface area (TPSA) is 34.1 Å². The normalized spacial score (nSPS) is 14.4. The molecule has 0 fully saturated rings. The molecular formula is C10H11F7O2. The van der Waals surface area contributed by atoms with Gasteiger partial charge in [-0.3, -0.25) is 9.59 Å². The second-order valence-corrected chi connectivity index (χ2v) is 4.69. The van der Waals surface area contributed by atoms with E-state index in [0.29, 0.717) is 0 Å². The van der Waals surface area contributed by atoms with Gasteiger partial charge >= 0.3 is 18.0 Å². The molecular weight excluding hydrogens is 285 g/mol. The predicted molar refractivity (Wildman–Crippen MR) is 50.0 cm³/mol. The Hall–Kier alpha value is -1.15. The maximum absolute atomic E-state index is 13.0. The van der Waals surface area contributed by atoms with Crippen LogP contribution in [0.4, 0.5) is 30.7 Å². The highest BCUT2D eigenvalue weighted by atomic mass is 19.4. The molecule has 0 amide bonds. The van der Waals surface area contributed by atoms with Gasteiger partial charge in [-0.15, -0.1) is 0 Å². The van der Waals surface area contributed by atoms with Crippen molar-refractivity contribution < 1.29 is 40.3 Å². The number of hydrogen-bond donors (Lipinski definition) is 0. The molecule has 0 rings (SSSR count). The Kier molecular flexibility index (Phi) is 4.46. The Morgan fingerprint density at radius 3 is 1.53 bits per heavy atom. The van der Waals surface area contributed by atoms with E-state index in [-0.39, 0.29) is 0 Å². The van der Waals surface area contributed by atoms with E-state index in [1.165, 1.54) is 0 Å². The second kappa shape index (κ2) is 4.75. The van der Waals surface area contributed by atoms with Gasteiger partial charge in [-0.2, -0.15) is 30.7 Å². The minimum absolute atomic E-state index is 0.785. The molecule has 0 aromatic rings. The van der Waals surface area contributed by atoms with Crippen LogP contribution in [-0.4, -0.2) is 29.6 Å². The summed E-state index contributed by atoms with van der Waals surface area (Å²) >= 11 is 0. The van der Waals surface area contributed by atoms with Gasteiger partial charge in [0.15, 0.2) is 0 Å². The van der Waals surface area contributed by atoms with Crippen LogP contribution in [0.3, 0.4) is 0 Å². The number of ketones is 2. The van der Waals surface area contributed by atoms with Crippen molar-refractivity contribution in [1.82, 2.24) is 0 Å². The number of carbonyl (C=O) groups is 2. The largest absolute Gasteiger partial charge is 0.460 e. The quantitative estimate of drug-likeness (QED) is 0.729. The number of carbonyl (C=O) groups excluding carboxylic acids is 2. The molecule has 0 saturated heterocycles. The van der Waals surface area contributed by atoms with Gasteiger partial charge in [-0.05, 0) is 6.92 Å². The molecule has 19 heavy (non-hydrogen) atoms. The summed E-state index contributed by atoms with van der Waals surface area (Å²) in [5, 5.41) is 0. The molecule has 0 aliphatic heterocycles. The highest BCUT2D eigenvalue weighted by Gasteiger charge is 2.75. The SMILES string of the molecule is CC(=O)C(C)(C)CC(=O)C(F)(F)C(F)(F)C(F)(F)F. The van der Waals surface area contributed by atoms with Gasteiger partial charge in [0.1, 0.15) is 5.78 Å². The summed E-state index contributed by atoms with van der Waals surface area (Å²) in [6.45, 7) is 2.90. The third-order valence-electron chi connectivity index (χ3n) is 2.66. The third-order valence-corrected chi connectivity index (χ3v) is 2.66. The van der Waals surface area contributed by atoms with Gasteiger partial charge < -0.3 is 0 Å². The first-order chi connectivity index (χ1) is 8.07. The first kappa shape index (κ1) is 17.8. The zero-order chi connectivity index (χ0) is 15.9. The summed E-state index contributed by atoms with van der Waals surface area (Å²) in [7, 11) is 0. The molecule has 0 unspecified atom stereocenters. The predicted octanol–water partition coefficient (Wildman–Crippen LogP) is 3.39.